The molecule has 1 N–H and O–H groups in total. The molecule has 0 bridgehead atoms. The monoisotopic (exact) mass is 207 g/mol. The lowest BCUT2D eigenvalue weighted by Gasteiger charge is -1.92. The Balaban J connectivity index is 2.09. The van der Waals surface area contributed by atoms with E-state index < -0.39 is 0 Å². The van der Waals surface area contributed by atoms with Crippen LogP contribution < -0.4 is 0 Å². The maximum atomic E-state index is 11.6. The average Bonchev–Trinajstić information content (AvgIpc) is 2.75. The van der Waals surface area contributed by atoms with E-state index >= 15 is 0 Å². The fourth-order valence-electron chi connectivity index (χ4n) is 1.16. The number of rotatable bonds is 3. The van der Waals surface area contributed by atoms with Crippen LogP contribution in [0.15, 0.2) is 17.8 Å². The van der Waals surface area contributed by atoms with E-state index in [4.69, 9.17) is 0 Å². The standard InChI is InChI=1S/C9H9N3OS/c1-6-12-7(5-14-6)4-8(13)9-10-2-3-11-9/h2-3,5H,4H2,1H3,(H,10,11). The molecule has 0 spiro atoms. The number of carbonyl (C=O) groups excluding carboxylic acids is 1. The van der Waals surface area contributed by atoms with Crippen LogP contribution in [0.2, 0.25) is 0 Å². The van der Waals surface area contributed by atoms with Crippen molar-refractivity contribution in [2.45, 2.75) is 13.3 Å². The maximum Gasteiger partial charge on any atom is 0.204 e. The normalized spacial score (nSPS) is 10.4. The van der Waals surface area contributed by atoms with E-state index in [2.05, 4.69) is 15.0 Å². The maximum absolute atomic E-state index is 11.6. The largest absolute Gasteiger partial charge is 0.342 e. The highest BCUT2D eigenvalue weighted by Crippen LogP contribution is 2.09. The minimum Gasteiger partial charge on any atom is -0.342 e. The number of hydrogen-bond donors (Lipinski definition) is 1. The third-order valence-corrected chi connectivity index (χ3v) is 2.59. The van der Waals surface area contributed by atoms with Gasteiger partial charge in [0.25, 0.3) is 0 Å². The second-order valence-electron chi connectivity index (χ2n) is 2.90. The van der Waals surface area contributed by atoms with Crippen molar-refractivity contribution in [1.82, 2.24) is 15.0 Å². The van der Waals surface area contributed by atoms with Crippen LogP contribution in [-0.2, 0) is 6.42 Å². The number of hydrogen-bond acceptors (Lipinski definition) is 4. The van der Waals surface area contributed by atoms with Crippen LogP contribution in [0.3, 0.4) is 0 Å². The van der Waals surface area contributed by atoms with Gasteiger partial charge in [0.2, 0.25) is 5.78 Å². The molecule has 0 aliphatic heterocycles. The third kappa shape index (κ3) is 1.88. The van der Waals surface area contributed by atoms with Gasteiger partial charge in [-0.15, -0.1) is 11.3 Å². The number of aromatic amines is 1. The Kier molecular flexibility index (Phi) is 2.41. The number of aryl methyl sites for hydroxylation is 1. The SMILES string of the molecule is Cc1nc(CC(=O)c2ncc[nH]2)cs1. The summed E-state index contributed by atoms with van der Waals surface area (Å²) in [7, 11) is 0. The van der Waals surface area contributed by atoms with Gasteiger partial charge in [0.1, 0.15) is 0 Å². The minimum absolute atomic E-state index is 0.0275. The second-order valence-corrected chi connectivity index (χ2v) is 3.96. The molecule has 0 unspecified atom stereocenters. The number of Topliss-reactive ketones (excluding diaryl/α,β-unsaturated/α-hetero) is 1. The molecule has 0 aromatic carbocycles. The van der Waals surface area contributed by atoms with Gasteiger partial charge in [0.05, 0.1) is 17.1 Å². The van der Waals surface area contributed by atoms with Crippen LogP contribution in [0, 0.1) is 6.92 Å². The number of nitrogens with zero attached hydrogens (tertiary/aromatic N) is 2. The van der Waals surface area contributed by atoms with Gasteiger partial charge in [-0.05, 0) is 6.92 Å². The Morgan fingerprint density at radius 2 is 2.50 bits per heavy atom. The molecular weight excluding hydrogens is 198 g/mol. The van der Waals surface area contributed by atoms with Crippen molar-refractivity contribution >= 4 is 17.1 Å². The fraction of sp³-hybridized carbons (Fsp3) is 0.222. The second kappa shape index (κ2) is 3.71. The highest BCUT2D eigenvalue weighted by Gasteiger charge is 2.10. The van der Waals surface area contributed by atoms with Gasteiger partial charge in [-0.3, -0.25) is 4.79 Å². The number of thiazole rings is 1. The number of imidazole rings is 1. The molecule has 0 atom stereocenters. The molecule has 4 nitrogen and oxygen atoms in total. The van der Waals surface area contributed by atoms with E-state index in [0.29, 0.717) is 12.2 Å². The first kappa shape index (κ1) is 9.08. The molecule has 0 amide bonds. The first-order chi connectivity index (χ1) is 6.75. The molecular formula is C9H9N3OS. The van der Waals surface area contributed by atoms with Crippen molar-refractivity contribution in [3.8, 4) is 0 Å². The summed E-state index contributed by atoms with van der Waals surface area (Å²) in [5.74, 6) is 0.371. The van der Waals surface area contributed by atoms with Gasteiger partial charge in [0, 0.05) is 17.8 Å². The molecule has 2 aromatic heterocycles. The predicted molar refractivity (Wildman–Crippen MR) is 53.5 cm³/mol. The summed E-state index contributed by atoms with van der Waals surface area (Å²) in [5, 5.41) is 2.88. The quantitative estimate of drug-likeness (QED) is 0.778. The molecule has 2 rings (SSSR count). The zero-order chi connectivity index (χ0) is 9.97. The number of carbonyl (C=O) groups is 1. The van der Waals surface area contributed by atoms with Crippen molar-refractivity contribution < 1.29 is 4.79 Å². The highest BCUT2D eigenvalue weighted by molar-refractivity contribution is 7.09. The Labute approximate surface area is 85.0 Å². The lowest BCUT2D eigenvalue weighted by atomic mass is 10.2. The van der Waals surface area contributed by atoms with Crippen molar-refractivity contribution in [3.63, 3.8) is 0 Å². The molecule has 0 saturated carbocycles. The Morgan fingerprint density at radius 1 is 1.64 bits per heavy atom. The summed E-state index contributed by atoms with van der Waals surface area (Å²) in [4.78, 5) is 22.4. The number of aromatic nitrogens is 3. The summed E-state index contributed by atoms with van der Waals surface area (Å²) < 4.78 is 0. The summed E-state index contributed by atoms with van der Waals surface area (Å²) >= 11 is 1.55. The van der Waals surface area contributed by atoms with Crippen molar-refractivity contribution in [2.75, 3.05) is 0 Å². The topological polar surface area (TPSA) is 58.6 Å². The molecule has 5 heteroatoms. The fourth-order valence-corrected chi connectivity index (χ4v) is 1.77. The Bertz CT molecular complexity index is 433. The predicted octanol–water partition coefficient (Wildman–Crippen LogP) is 1.60. The molecule has 0 radical (unpaired) electrons. The molecule has 0 aliphatic rings. The number of H-pyrrole nitrogens is 1. The molecule has 0 aliphatic carbocycles. The lowest BCUT2D eigenvalue weighted by molar-refractivity contribution is 0.0983. The summed E-state index contributed by atoms with van der Waals surface area (Å²) in [5.41, 5.74) is 0.814. The van der Waals surface area contributed by atoms with Gasteiger partial charge >= 0.3 is 0 Å². The van der Waals surface area contributed by atoms with Crippen molar-refractivity contribution in [3.05, 3.63) is 34.3 Å². The van der Waals surface area contributed by atoms with E-state index in [1.54, 1.807) is 23.7 Å². The van der Waals surface area contributed by atoms with Crippen LogP contribution in [0.5, 0.6) is 0 Å². The van der Waals surface area contributed by atoms with Crippen LogP contribution in [0.4, 0.5) is 0 Å². The molecule has 2 heterocycles. The molecule has 72 valence electrons. The van der Waals surface area contributed by atoms with Gasteiger partial charge in [-0.25, -0.2) is 9.97 Å². The van der Waals surface area contributed by atoms with E-state index in [1.165, 1.54) is 0 Å². The zero-order valence-corrected chi connectivity index (χ0v) is 8.47. The van der Waals surface area contributed by atoms with Gasteiger partial charge < -0.3 is 4.98 Å². The van der Waals surface area contributed by atoms with Crippen LogP contribution in [-0.4, -0.2) is 20.7 Å². The summed E-state index contributed by atoms with van der Waals surface area (Å²) in [6, 6.07) is 0. The number of nitrogens with one attached hydrogen (secondary N) is 1. The molecule has 0 saturated heterocycles. The smallest absolute Gasteiger partial charge is 0.204 e. The van der Waals surface area contributed by atoms with E-state index in [-0.39, 0.29) is 5.78 Å². The van der Waals surface area contributed by atoms with E-state index in [1.807, 2.05) is 12.3 Å². The molecule has 0 fully saturated rings. The molecule has 14 heavy (non-hydrogen) atoms. The Hall–Kier alpha value is -1.49. The Morgan fingerprint density at radius 3 is 3.07 bits per heavy atom. The average molecular weight is 207 g/mol. The van der Waals surface area contributed by atoms with Crippen molar-refractivity contribution in [2.24, 2.45) is 0 Å². The first-order valence-electron chi connectivity index (χ1n) is 4.19. The van der Waals surface area contributed by atoms with Gasteiger partial charge in [-0.2, -0.15) is 0 Å². The molecule has 2 aromatic rings. The highest BCUT2D eigenvalue weighted by atomic mass is 32.1. The van der Waals surface area contributed by atoms with Crippen LogP contribution in [0.1, 0.15) is 21.3 Å². The number of ketones is 1. The minimum atomic E-state index is -0.0275. The van der Waals surface area contributed by atoms with E-state index in [0.717, 1.165) is 10.7 Å². The lowest BCUT2D eigenvalue weighted by Crippen LogP contribution is -2.05. The van der Waals surface area contributed by atoms with Crippen molar-refractivity contribution in [1.29, 1.82) is 0 Å². The zero-order valence-electron chi connectivity index (χ0n) is 7.65. The summed E-state index contributed by atoms with van der Waals surface area (Å²) in [6.45, 7) is 1.92. The van der Waals surface area contributed by atoms with E-state index in [9.17, 15) is 4.79 Å². The third-order valence-electron chi connectivity index (χ3n) is 1.77. The van der Waals surface area contributed by atoms with Gasteiger partial charge in [0.15, 0.2) is 5.82 Å². The first-order valence-corrected chi connectivity index (χ1v) is 5.07. The van der Waals surface area contributed by atoms with Crippen LogP contribution in [0.25, 0.3) is 0 Å². The summed E-state index contributed by atoms with van der Waals surface area (Å²) in [6.07, 6.45) is 3.52. The van der Waals surface area contributed by atoms with Crippen LogP contribution >= 0.6 is 11.3 Å². The van der Waals surface area contributed by atoms with Gasteiger partial charge in [-0.1, -0.05) is 0 Å².